The Morgan fingerprint density at radius 1 is 0.915 bits per heavy atom. The third kappa shape index (κ3) is 4.66. The first-order chi connectivity index (χ1) is 22.8. The largest absolute Gasteiger partial charge is 0.496 e. The maximum absolute atomic E-state index is 14.3. The summed E-state index contributed by atoms with van der Waals surface area (Å²) in [6, 6.07) is 9.51. The molecule has 2 aromatic heterocycles. The van der Waals surface area contributed by atoms with Gasteiger partial charge in [-0.25, -0.2) is 0 Å². The molecule has 6 atom stereocenters. The molecule has 4 heterocycles. The highest BCUT2D eigenvalue weighted by Crippen LogP contribution is 2.58. The molecule has 4 fully saturated rings. The zero-order valence-corrected chi connectivity index (χ0v) is 27.2. The second-order valence-corrected chi connectivity index (χ2v) is 14.5. The number of piperidine rings is 2. The number of halogens is 3. The predicted molar refractivity (Wildman–Crippen MR) is 174 cm³/mol. The predicted octanol–water partition coefficient (Wildman–Crippen LogP) is 6.68. The van der Waals surface area contributed by atoms with Gasteiger partial charge < -0.3 is 20.1 Å². The van der Waals surface area contributed by atoms with Gasteiger partial charge in [-0.1, -0.05) is 25.0 Å². The minimum Gasteiger partial charge on any atom is -0.496 e. The Kier molecular flexibility index (Phi) is 7.80. The van der Waals surface area contributed by atoms with Crippen LogP contribution in [0.4, 0.5) is 13.2 Å². The van der Waals surface area contributed by atoms with Crippen LogP contribution in [0.2, 0.25) is 0 Å². The van der Waals surface area contributed by atoms with Crippen LogP contribution in [0, 0.1) is 29.6 Å². The summed E-state index contributed by atoms with van der Waals surface area (Å²) >= 11 is 0. The van der Waals surface area contributed by atoms with Crippen molar-refractivity contribution in [3.8, 4) is 5.75 Å². The van der Waals surface area contributed by atoms with Gasteiger partial charge in [0.1, 0.15) is 17.0 Å². The SMILES string of the molecule is COc1ccc2[nH]ncc2c1C1(CCCC2CCC3CNCC2C3(OC)c2cccc3n[nH]c(C(F)(F)F)c23)C2CCCC1CNC2. The summed E-state index contributed by atoms with van der Waals surface area (Å²) in [4.78, 5) is 0. The third-order valence-electron chi connectivity index (χ3n) is 12.8. The molecular formula is C36H45F3N6O2. The van der Waals surface area contributed by atoms with Crippen molar-refractivity contribution < 1.29 is 22.6 Å². The van der Waals surface area contributed by atoms with E-state index in [-0.39, 0.29) is 22.6 Å². The molecule has 0 radical (unpaired) electrons. The zero-order valence-electron chi connectivity index (χ0n) is 27.2. The molecule has 4 aromatic rings. The average molecular weight is 651 g/mol. The van der Waals surface area contributed by atoms with E-state index in [2.05, 4.69) is 43.2 Å². The summed E-state index contributed by atoms with van der Waals surface area (Å²) in [6.45, 7) is 3.43. The van der Waals surface area contributed by atoms with Crippen molar-refractivity contribution in [2.24, 2.45) is 29.6 Å². The normalized spacial score (nSPS) is 32.6. The molecule has 2 saturated carbocycles. The molecule has 4 bridgehead atoms. The second-order valence-electron chi connectivity index (χ2n) is 14.5. The maximum Gasteiger partial charge on any atom is 0.433 e. The van der Waals surface area contributed by atoms with Gasteiger partial charge >= 0.3 is 6.18 Å². The fourth-order valence-corrected chi connectivity index (χ4v) is 11.0. The van der Waals surface area contributed by atoms with Gasteiger partial charge in [-0.05, 0) is 93.1 Å². The number of hydrogen-bond acceptors (Lipinski definition) is 6. The lowest BCUT2D eigenvalue weighted by Crippen LogP contribution is -2.60. The molecule has 2 aromatic carbocycles. The molecule has 4 aliphatic rings. The maximum atomic E-state index is 14.3. The van der Waals surface area contributed by atoms with Crippen LogP contribution in [0.3, 0.4) is 0 Å². The van der Waals surface area contributed by atoms with E-state index in [1.165, 1.54) is 24.8 Å². The lowest BCUT2D eigenvalue weighted by Gasteiger charge is -2.56. The third-order valence-corrected chi connectivity index (χ3v) is 12.8. The summed E-state index contributed by atoms with van der Waals surface area (Å²) in [6.07, 6.45) is 6.06. The number of hydrogen-bond donors (Lipinski definition) is 4. The smallest absolute Gasteiger partial charge is 0.433 e. The van der Waals surface area contributed by atoms with Gasteiger partial charge in [0.25, 0.3) is 0 Å². The number of methoxy groups -OCH3 is 2. The van der Waals surface area contributed by atoms with E-state index in [0.717, 1.165) is 68.4 Å². The van der Waals surface area contributed by atoms with Gasteiger partial charge in [0.2, 0.25) is 0 Å². The summed E-state index contributed by atoms with van der Waals surface area (Å²) in [5, 5.41) is 22.7. The van der Waals surface area contributed by atoms with Crippen LogP contribution in [0.25, 0.3) is 21.8 Å². The van der Waals surface area contributed by atoms with Crippen molar-refractivity contribution in [2.75, 3.05) is 40.4 Å². The number of aromatic amines is 2. The number of ether oxygens (including phenoxy) is 2. The molecule has 6 unspecified atom stereocenters. The van der Waals surface area contributed by atoms with Gasteiger partial charge in [0.15, 0.2) is 0 Å². The molecule has 252 valence electrons. The minimum absolute atomic E-state index is 0.0388. The zero-order chi connectivity index (χ0) is 32.4. The Balaban J connectivity index is 1.15. The van der Waals surface area contributed by atoms with Crippen molar-refractivity contribution in [3.05, 3.63) is 53.3 Å². The standard InChI is InChI=1S/C36H45F3N6O2/c1-46-30-14-13-28-25(19-42-43-28)32(30)34(22-7-3-8-23(34)17-40-16-22)15-5-6-21-11-12-24-18-41-20-27(21)35(24,47-2)26-9-4-10-29-31(26)33(45-44-29)36(37,38)39/h4,9-10,13-14,19,21-24,27,40-41H,3,5-8,11-12,15-18,20H2,1-2H3,(H,42,43)(H,44,45). The number of alkyl halides is 3. The van der Waals surface area contributed by atoms with E-state index in [1.54, 1.807) is 20.3 Å². The Morgan fingerprint density at radius 2 is 1.70 bits per heavy atom. The number of rotatable bonds is 8. The first-order valence-corrected chi connectivity index (χ1v) is 17.3. The fourth-order valence-electron chi connectivity index (χ4n) is 11.0. The molecule has 0 amide bonds. The molecule has 8 nitrogen and oxygen atoms in total. The monoisotopic (exact) mass is 650 g/mol. The number of nitrogens with zero attached hydrogens (tertiary/aromatic N) is 2. The highest BCUT2D eigenvalue weighted by Gasteiger charge is 2.57. The number of H-pyrrole nitrogens is 2. The minimum atomic E-state index is -4.54. The molecule has 2 aliphatic carbocycles. The van der Waals surface area contributed by atoms with E-state index >= 15 is 0 Å². The van der Waals surface area contributed by atoms with Crippen LogP contribution in [0.1, 0.15) is 68.2 Å². The van der Waals surface area contributed by atoms with E-state index in [9.17, 15) is 13.2 Å². The van der Waals surface area contributed by atoms with E-state index in [1.807, 2.05) is 18.3 Å². The van der Waals surface area contributed by atoms with Gasteiger partial charge in [-0.3, -0.25) is 10.2 Å². The lowest BCUT2D eigenvalue weighted by molar-refractivity contribution is -0.164. The summed E-state index contributed by atoms with van der Waals surface area (Å²) < 4.78 is 55.5. The number of fused-ring (bicyclic) bond motifs is 6. The molecule has 2 aliphatic heterocycles. The number of nitrogens with one attached hydrogen (secondary N) is 4. The summed E-state index contributed by atoms with van der Waals surface area (Å²) in [7, 11) is 3.47. The quantitative estimate of drug-likeness (QED) is 0.170. The van der Waals surface area contributed by atoms with Crippen molar-refractivity contribution in [2.45, 2.75) is 68.6 Å². The first kappa shape index (κ1) is 31.1. The van der Waals surface area contributed by atoms with Gasteiger partial charge in [-0.2, -0.15) is 23.4 Å². The molecular weight excluding hydrogens is 605 g/mol. The van der Waals surface area contributed by atoms with E-state index < -0.39 is 17.5 Å². The Morgan fingerprint density at radius 3 is 2.47 bits per heavy atom. The Labute approximate surface area is 272 Å². The van der Waals surface area contributed by atoms with E-state index in [4.69, 9.17) is 9.47 Å². The van der Waals surface area contributed by atoms with Crippen LogP contribution in [-0.4, -0.2) is 60.8 Å². The second kappa shape index (κ2) is 11.8. The first-order valence-electron chi connectivity index (χ1n) is 17.3. The molecule has 0 spiro atoms. The van der Waals surface area contributed by atoms with Crippen molar-refractivity contribution in [3.63, 3.8) is 0 Å². The van der Waals surface area contributed by atoms with Crippen molar-refractivity contribution >= 4 is 21.8 Å². The lowest BCUT2D eigenvalue weighted by atomic mass is 9.52. The summed E-state index contributed by atoms with van der Waals surface area (Å²) in [5.41, 5.74) is 1.66. The van der Waals surface area contributed by atoms with Crippen LogP contribution < -0.4 is 15.4 Å². The molecule has 8 rings (SSSR count). The topological polar surface area (TPSA) is 99.9 Å². The van der Waals surface area contributed by atoms with Crippen LogP contribution in [-0.2, 0) is 21.9 Å². The summed E-state index contributed by atoms with van der Waals surface area (Å²) in [5.74, 6) is 2.35. The average Bonchev–Trinajstić information content (AvgIpc) is 3.72. The Bertz CT molecular complexity index is 1730. The molecule has 4 N–H and O–H groups in total. The van der Waals surface area contributed by atoms with Crippen LogP contribution >= 0.6 is 0 Å². The number of aromatic nitrogens is 4. The highest BCUT2D eigenvalue weighted by atomic mass is 19.4. The van der Waals surface area contributed by atoms with Gasteiger partial charge in [-0.15, -0.1) is 0 Å². The van der Waals surface area contributed by atoms with Crippen LogP contribution in [0.5, 0.6) is 5.75 Å². The fraction of sp³-hybridized carbons (Fsp3) is 0.611. The number of benzene rings is 2. The highest BCUT2D eigenvalue weighted by molar-refractivity contribution is 5.87. The van der Waals surface area contributed by atoms with Crippen molar-refractivity contribution in [1.82, 2.24) is 31.0 Å². The molecule has 2 saturated heterocycles. The Hall–Kier alpha value is -3.15. The van der Waals surface area contributed by atoms with Crippen LogP contribution in [0.15, 0.2) is 36.5 Å². The van der Waals surface area contributed by atoms with Gasteiger partial charge in [0, 0.05) is 53.8 Å². The molecule has 11 heteroatoms. The van der Waals surface area contributed by atoms with Crippen molar-refractivity contribution in [1.29, 1.82) is 0 Å². The molecule has 47 heavy (non-hydrogen) atoms. The van der Waals surface area contributed by atoms with Gasteiger partial charge in [0.05, 0.1) is 24.3 Å². The van der Waals surface area contributed by atoms with E-state index in [0.29, 0.717) is 35.4 Å².